The molecule has 3 atom stereocenters. The minimum absolute atomic E-state index is 0.0124. The second-order valence-electron chi connectivity index (χ2n) is 6.04. The Kier molecular flexibility index (Phi) is 8.22. The van der Waals surface area contributed by atoms with Crippen LogP contribution < -0.4 is 10.6 Å². The Labute approximate surface area is 117 Å². The van der Waals surface area contributed by atoms with Gasteiger partial charge in [-0.2, -0.15) is 0 Å². The van der Waals surface area contributed by atoms with Gasteiger partial charge in [0.2, 0.25) is 5.91 Å². The highest BCUT2D eigenvalue weighted by atomic mass is 16.3. The highest BCUT2D eigenvalue weighted by Gasteiger charge is 2.23. The lowest BCUT2D eigenvalue weighted by Crippen LogP contribution is -2.52. The van der Waals surface area contributed by atoms with E-state index in [0.29, 0.717) is 13.1 Å². The van der Waals surface area contributed by atoms with E-state index in [-0.39, 0.29) is 18.0 Å². The number of rotatable bonds is 9. The summed E-state index contributed by atoms with van der Waals surface area (Å²) in [5.74, 6) is -0.0124. The lowest BCUT2D eigenvalue weighted by molar-refractivity contribution is -0.123. The van der Waals surface area contributed by atoms with Crippen LogP contribution in [0.2, 0.25) is 0 Å². The van der Waals surface area contributed by atoms with Crippen LogP contribution in [0, 0.1) is 0 Å². The molecule has 114 valence electrons. The van der Waals surface area contributed by atoms with Crippen LogP contribution in [0.25, 0.3) is 0 Å². The number of amides is 1. The molecule has 0 radical (unpaired) electrons. The highest BCUT2D eigenvalue weighted by Crippen LogP contribution is 2.03. The molecule has 3 unspecified atom stereocenters. The lowest BCUT2D eigenvalue weighted by Gasteiger charge is -2.28. The Morgan fingerprint density at radius 3 is 2.42 bits per heavy atom. The Morgan fingerprint density at radius 1 is 1.37 bits per heavy atom. The molecule has 0 aromatic rings. The Hall–Kier alpha value is -0.650. The maximum atomic E-state index is 11.9. The van der Waals surface area contributed by atoms with E-state index in [1.54, 1.807) is 6.92 Å². The minimum Gasteiger partial charge on any atom is -0.388 e. The maximum Gasteiger partial charge on any atom is 0.237 e. The largest absolute Gasteiger partial charge is 0.388 e. The van der Waals surface area contributed by atoms with Crippen LogP contribution in [0.3, 0.4) is 0 Å². The summed E-state index contributed by atoms with van der Waals surface area (Å²) in [5.41, 5.74) is -0.840. The van der Waals surface area contributed by atoms with Crippen molar-refractivity contribution in [2.24, 2.45) is 0 Å². The summed E-state index contributed by atoms with van der Waals surface area (Å²) in [4.78, 5) is 13.8. The van der Waals surface area contributed by atoms with Crippen LogP contribution >= 0.6 is 0 Å². The molecular weight excluding hydrogens is 242 g/mol. The molecule has 19 heavy (non-hydrogen) atoms. The predicted octanol–water partition coefficient (Wildman–Crippen LogP) is 0.582. The van der Waals surface area contributed by atoms with Gasteiger partial charge in [-0.25, -0.2) is 0 Å². The van der Waals surface area contributed by atoms with Crippen molar-refractivity contribution >= 4 is 5.91 Å². The molecule has 0 heterocycles. The summed E-state index contributed by atoms with van der Waals surface area (Å²) >= 11 is 0. The molecule has 0 rings (SSSR count). The second-order valence-corrected chi connectivity index (χ2v) is 6.04. The molecule has 0 aliphatic rings. The van der Waals surface area contributed by atoms with E-state index in [9.17, 15) is 9.90 Å². The number of carbonyl (C=O) groups is 1. The topological polar surface area (TPSA) is 64.6 Å². The SMILES string of the molecule is CCCC(C)NC(=O)C(C)NCC(C)(O)CN(C)C. The molecule has 3 N–H and O–H groups in total. The van der Waals surface area contributed by atoms with Crippen molar-refractivity contribution in [3.63, 3.8) is 0 Å². The molecule has 0 bridgehead atoms. The summed E-state index contributed by atoms with van der Waals surface area (Å²) in [6.07, 6.45) is 2.04. The van der Waals surface area contributed by atoms with Crippen molar-refractivity contribution in [1.82, 2.24) is 15.5 Å². The predicted molar refractivity (Wildman–Crippen MR) is 79.2 cm³/mol. The lowest BCUT2D eigenvalue weighted by atomic mass is 10.1. The first kappa shape index (κ1) is 18.4. The highest BCUT2D eigenvalue weighted by molar-refractivity contribution is 5.81. The van der Waals surface area contributed by atoms with Gasteiger partial charge >= 0.3 is 0 Å². The van der Waals surface area contributed by atoms with Crippen LogP contribution in [0.1, 0.15) is 40.5 Å². The van der Waals surface area contributed by atoms with Crippen molar-refractivity contribution in [1.29, 1.82) is 0 Å². The third-order valence-electron chi connectivity index (χ3n) is 2.95. The molecule has 5 heteroatoms. The average Bonchev–Trinajstić information content (AvgIpc) is 2.24. The van der Waals surface area contributed by atoms with Crippen molar-refractivity contribution < 1.29 is 9.90 Å². The summed E-state index contributed by atoms with van der Waals surface area (Å²) in [6.45, 7) is 8.64. The van der Waals surface area contributed by atoms with Crippen molar-refractivity contribution in [3.05, 3.63) is 0 Å². The van der Waals surface area contributed by atoms with E-state index in [1.807, 2.05) is 32.8 Å². The molecule has 0 fully saturated rings. The molecule has 5 nitrogen and oxygen atoms in total. The quantitative estimate of drug-likeness (QED) is 0.575. The number of hydrogen-bond donors (Lipinski definition) is 3. The summed E-state index contributed by atoms with van der Waals surface area (Å²) in [5, 5.41) is 16.2. The van der Waals surface area contributed by atoms with Gasteiger partial charge in [0.1, 0.15) is 0 Å². The van der Waals surface area contributed by atoms with Crippen LogP contribution in [0.4, 0.5) is 0 Å². The van der Waals surface area contributed by atoms with Gasteiger partial charge in [0.05, 0.1) is 11.6 Å². The van der Waals surface area contributed by atoms with E-state index in [1.165, 1.54) is 0 Å². The fraction of sp³-hybridized carbons (Fsp3) is 0.929. The molecule has 0 aromatic carbocycles. The monoisotopic (exact) mass is 273 g/mol. The Balaban J connectivity index is 4.09. The Bertz CT molecular complexity index is 267. The van der Waals surface area contributed by atoms with Crippen molar-refractivity contribution in [3.8, 4) is 0 Å². The standard InChI is InChI=1S/C14H31N3O2/c1-7-8-11(2)16-13(18)12(3)15-9-14(4,19)10-17(5)6/h11-12,15,19H,7-10H2,1-6H3,(H,16,18). The molecule has 0 saturated heterocycles. The van der Waals surface area contributed by atoms with Crippen LogP contribution in [0.5, 0.6) is 0 Å². The van der Waals surface area contributed by atoms with Crippen LogP contribution in [-0.4, -0.2) is 60.8 Å². The molecule has 0 spiro atoms. The summed E-state index contributed by atoms with van der Waals surface area (Å²) in [6, 6.07) is -0.100. The Morgan fingerprint density at radius 2 is 1.95 bits per heavy atom. The first-order valence-electron chi connectivity index (χ1n) is 7.09. The van der Waals surface area contributed by atoms with E-state index < -0.39 is 5.60 Å². The number of carbonyl (C=O) groups excluding carboxylic acids is 1. The zero-order valence-electron chi connectivity index (χ0n) is 13.3. The van der Waals surface area contributed by atoms with E-state index >= 15 is 0 Å². The first-order chi connectivity index (χ1) is 8.68. The molecule has 1 amide bonds. The third-order valence-corrected chi connectivity index (χ3v) is 2.95. The van der Waals surface area contributed by atoms with Gasteiger partial charge in [0.25, 0.3) is 0 Å². The first-order valence-corrected chi connectivity index (χ1v) is 7.09. The number of aliphatic hydroxyl groups is 1. The number of hydrogen-bond acceptors (Lipinski definition) is 4. The van der Waals surface area contributed by atoms with Gasteiger partial charge in [0.15, 0.2) is 0 Å². The smallest absolute Gasteiger partial charge is 0.237 e. The van der Waals surface area contributed by atoms with Gasteiger partial charge in [-0.05, 0) is 41.3 Å². The zero-order chi connectivity index (χ0) is 15.1. The molecule has 0 aliphatic heterocycles. The van der Waals surface area contributed by atoms with Crippen LogP contribution in [-0.2, 0) is 4.79 Å². The fourth-order valence-electron chi connectivity index (χ4n) is 2.08. The van der Waals surface area contributed by atoms with Crippen molar-refractivity contribution in [2.45, 2.75) is 58.2 Å². The van der Waals surface area contributed by atoms with E-state index in [2.05, 4.69) is 17.6 Å². The van der Waals surface area contributed by atoms with Crippen molar-refractivity contribution in [2.75, 3.05) is 27.2 Å². The molecule has 0 saturated carbocycles. The van der Waals surface area contributed by atoms with Gasteiger partial charge < -0.3 is 20.6 Å². The van der Waals surface area contributed by atoms with Crippen LogP contribution in [0.15, 0.2) is 0 Å². The van der Waals surface area contributed by atoms with E-state index in [0.717, 1.165) is 12.8 Å². The van der Waals surface area contributed by atoms with Gasteiger partial charge in [-0.3, -0.25) is 4.79 Å². The minimum atomic E-state index is -0.840. The molecule has 0 aromatic heterocycles. The summed E-state index contributed by atoms with van der Waals surface area (Å²) < 4.78 is 0. The normalized spacial score (nSPS) is 17.9. The fourth-order valence-corrected chi connectivity index (χ4v) is 2.08. The third kappa shape index (κ3) is 8.97. The number of nitrogens with zero attached hydrogens (tertiary/aromatic N) is 1. The average molecular weight is 273 g/mol. The molecule has 0 aliphatic carbocycles. The number of nitrogens with one attached hydrogen (secondary N) is 2. The van der Waals surface area contributed by atoms with Gasteiger partial charge in [0, 0.05) is 19.1 Å². The molecular formula is C14H31N3O2. The second kappa shape index (κ2) is 8.51. The maximum absolute atomic E-state index is 11.9. The summed E-state index contributed by atoms with van der Waals surface area (Å²) in [7, 11) is 3.83. The zero-order valence-corrected chi connectivity index (χ0v) is 13.3. The van der Waals surface area contributed by atoms with E-state index in [4.69, 9.17) is 0 Å². The van der Waals surface area contributed by atoms with Gasteiger partial charge in [-0.1, -0.05) is 13.3 Å². The number of likely N-dealkylation sites (N-methyl/N-ethyl adjacent to an activating group) is 1. The van der Waals surface area contributed by atoms with Gasteiger partial charge in [-0.15, -0.1) is 0 Å².